The highest BCUT2D eigenvalue weighted by atomic mass is 16.5. The Morgan fingerprint density at radius 1 is 1.33 bits per heavy atom. The molecule has 18 heavy (non-hydrogen) atoms. The monoisotopic (exact) mass is 253 g/mol. The van der Waals surface area contributed by atoms with Crippen LogP contribution in [0.25, 0.3) is 0 Å². The Kier molecular flexibility index (Phi) is 3.89. The van der Waals surface area contributed by atoms with E-state index >= 15 is 0 Å². The van der Waals surface area contributed by atoms with E-state index < -0.39 is 0 Å². The van der Waals surface area contributed by atoms with Crippen LogP contribution in [0.5, 0.6) is 0 Å². The molecule has 0 bridgehead atoms. The van der Waals surface area contributed by atoms with Gasteiger partial charge in [-0.25, -0.2) is 0 Å². The SMILES string of the molecule is CC1CN2CCCC2CN1C(CN)C1CCOC1. The minimum Gasteiger partial charge on any atom is -0.381 e. The van der Waals surface area contributed by atoms with E-state index in [0.29, 0.717) is 18.0 Å². The van der Waals surface area contributed by atoms with Crippen molar-refractivity contribution in [3.8, 4) is 0 Å². The molecule has 3 aliphatic heterocycles. The van der Waals surface area contributed by atoms with Gasteiger partial charge in [-0.1, -0.05) is 0 Å². The van der Waals surface area contributed by atoms with Crippen molar-refractivity contribution in [3.63, 3.8) is 0 Å². The molecule has 3 fully saturated rings. The van der Waals surface area contributed by atoms with Crippen LogP contribution < -0.4 is 5.73 Å². The lowest BCUT2D eigenvalue weighted by molar-refractivity contribution is 0.00916. The molecular formula is C14H27N3O. The molecule has 0 radical (unpaired) electrons. The summed E-state index contributed by atoms with van der Waals surface area (Å²) in [5.41, 5.74) is 6.07. The van der Waals surface area contributed by atoms with Crippen molar-refractivity contribution < 1.29 is 4.74 Å². The first-order valence-corrected chi connectivity index (χ1v) is 7.57. The average molecular weight is 253 g/mol. The van der Waals surface area contributed by atoms with Gasteiger partial charge in [-0.3, -0.25) is 9.80 Å². The van der Waals surface area contributed by atoms with Crippen molar-refractivity contribution in [3.05, 3.63) is 0 Å². The van der Waals surface area contributed by atoms with Crippen LogP contribution in [-0.4, -0.2) is 67.3 Å². The highest BCUT2D eigenvalue weighted by molar-refractivity contribution is 4.95. The zero-order valence-corrected chi connectivity index (χ0v) is 11.6. The third-order valence-corrected chi connectivity index (χ3v) is 5.16. The molecule has 104 valence electrons. The smallest absolute Gasteiger partial charge is 0.0510 e. The number of hydrogen-bond acceptors (Lipinski definition) is 4. The van der Waals surface area contributed by atoms with Crippen LogP contribution in [-0.2, 0) is 4.74 Å². The first kappa shape index (κ1) is 12.9. The summed E-state index contributed by atoms with van der Waals surface area (Å²) in [7, 11) is 0. The lowest BCUT2D eigenvalue weighted by atomic mass is 9.94. The van der Waals surface area contributed by atoms with E-state index in [1.807, 2.05) is 0 Å². The predicted octanol–water partition coefficient (Wildman–Crippen LogP) is 0.519. The van der Waals surface area contributed by atoms with Gasteiger partial charge in [-0.15, -0.1) is 0 Å². The second kappa shape index (κ2) is 5.45. The van der Waals surface area contributed by atoms with Gasteiger partial charge in [-0.05, 0) is 32.7 Å². The number of nitrogens with zero attached hydrogens (tertiary/aromatic N) is 2. The molecule has 4 atom stereocenters. The van der Waals surface area contributed by atoms with Crippen LogP contribution in [0.1, 0.15) is 26.2 Å². The molecule has 0 amide bonds. The lowest BCUT2D eigenvalue weighted by Crippen LogP contribution is -2.61. The van der Waals surface area contributed by atoms with Crippen LogP contribution in [0, 0.1) is 5.92 Å². The Hall–Kier alpha value is -0.160. The average Bonchev–Trinajstić information content (AvgIpc) is 3.01. The molecule has 2 N–H and O–H groups in total. The third-order valence-electron chi connectivity index (χ3n) is 5.16. The molecule has 3 aliphatic rings. The summed E-state index contributed by atoms with van der Waals surface area (Å²) in [6, 6.07) is 1.97. The molecular weight excluding hydrogens is 226 g/mol. The fraction of sp³-hybridized carbons (Fsp3) is 1.00. The molecule has 0 saturated carbocycles. The van der Waals surface area contributed by atoms with Gasteiger partial charge >= 0.3 is 0 Å². The quantitative estimate of drug-likeness (QED) is 0.796. The van der Waals surface area contributed by atoms with E-state index in [4.69, 9.17) is 10.5 Å². The molecule has 4 unspecified atom stereocenters. The van der Waals surface area contributed by atoms with E-state index in [9.17, 15) is 0 Å². The third kappa shape index (κ3) is 2.31. The maximum absolute atomic E-state index is 6.07. The molecule has 4 nitrogen and oxygen atoms in total. The standard InChI is InChI=1S/C14H27N3O/c1-11-8-16-5-2-3-13(16)9-17(11)14(7-15)12-4-6-18-10-12/h11-14H,2-10,15H2,1H3. The van der Waals surface area contributed by atoms with E-state index in [2.05, 4.69) is 16.7 Å². The maximum atomic E-state index is 6.07. The van der Waals surface area contributed by atoms with Crippen LogP contribution in [0.4, 0.5) is 0 Å². The fourth-order valence-electron chi connectivity index (χ4n) is 4.13. The van der Waals surface area contributed by atoms with Gasteiger partial charge in [0, 0.05) is 50.3 Å². The zero-order valence-electron chi connectivity index (χ0n) is 11.6. The van der Waals surface area contributed by atoms with E-state index in [1.54, 1.807) is 0 Å². The first-order valence-electron chi connectivity index (χ1n) is 7.57. The Morgan fingerprint density at radius 3 is 2.94 bits per heavy atom. The summed E-state index contributed by atoms with van der Waals surface area (Å²) in [6.45, 7) is 8.76. The number of hydrogen-bond donors (Lipinski definition) is 1. The summed E-state index contributed by atoms with van der Waals surface area (Å²) in [5.74, 6) is 0.658. The van der Waals surface area contributed by atoms with E-state index in [-0.39, 0.29) is 0 Å². The highest BCUT2D eigenvalue weighted by Crippen LogP contribution is 2.29. The van der Waals surface area contributed by atoms with Crippen molar-refractivity contribution in [2.75, 3.05) is 39.4 Å². The van der Waals surface area contributed by atoms with Gasteiger partial charge in [0.2, 0.25) is 0 Å². The van der Waals surface area contributed by atoms with Crippen LogP contribution in [0.15, 0.2) is 0 Å². The number of nitrogens with two attached hydrogens (primary N) is 1. The summed E-state index contributed by atoms with van der Waals surface area (Å²) >= 11 is 0. The van der Waals surface area contributed by atoms with Crippen LogP contribution in [0.2, 0.25) is 0 Å². The molecule has 4 heteroatoms. The largest absolute Gasteiger partial charge is 0.381 e. The Balaban J connectivity index is 1.68. The van der Waals surface area contributed by atoms with Gasteiger partial charge in [0.25, 0.3) is 0 Å². The van der Waals surface area contributed by atoms with Crippen LogP contribution >= 0.6 is 0 Å². The van der Waals surface area contributed by atoms with Crippen molar-refractivity contribution in [1.82, 2.24) is 9.80 Å². The molecule has 3 heterocycles. The molecule has 0 aromatic heterocycles. The van der Waals surface area contributed by atoms with Crippen molar-refractivity contribution >= 4 is 0 Å². The highest BCUT2D eigenvalue weighted by Gasteiger charge is 2.39. The number of ether oxygens (including phenoxy) is 1. The van der Waals surface area contributed by atoms with Gasteiger partial charge in [-0.2, -0.15) is 0 Å². The summed E-state index contributed by atoms with van der Waals surface area (Å²) < 4.78 is 5.56. The summed E-state index contributed by atoms with van der Waals surface area (Å²) in [4.78, 5) is 5.37. The molecule has 0 spiro atoms. The van der Waals surface area contributed by atoms with Gasteiger partial charge in [0.15, 0.2) is 0 Å². The molecule has 0 aromatic rings. The summed E-state index contributed by atoms with van der Waals surface area (Å²) in [5, 5.41) is 0. The van der Waals surface area contributed by atoms with E-state index in [0.717, 1.165) is 25.8 Å². The molecule has 3 rings (SSSR count). The Labute approximate surface area is 110 Å². The number of piperazine rings is 1. The maximum Gasteiger partial charge on any atom is 0.0510 e. The van der Waals surface area contributed by atoms with Crippen molar-refractivity contribution in [2.24, 2.45) is 11.7 Å². The normalized spacial score (nSPS) is 40.0. The topological polar surface area (TPSA) is 41.7 Å². The zero-order chi connectivity index (χ0) is 12.5. The lowest BCUT2D eigenvalue weighted by Gasteiger charge is -2.47. The summed E-state index contributed by atoms with van der Waals surface area (Å²) in [6.07, 6.45) is 3.95. The number of fused-ring (bicyclic) bond motifs is 1. The molecule has 0 aromatic carbocycles. The Bertz CT molecular complexity index is 280. The molecule has 3 saturated heterocycles. The molecule has 0 aliphatic carbocycles. The Morgan fingerprint density at radius 2 is 2.22 bits per heavy atom. The van der Waals surface area contributed by atoms with Gasteiger partial charge in [0.1, 0.15) is 0 Å². The predicted molar refractivity (Wildman–Crippen MR) is 72.5 cm³/mol. The van der Waals surface area contributed by atoms with Crippen LogP contribution in [0.3, 0.4) is 0 Å². The second-order valence-corrected chi connectivity index (χ2v) is 6.26. The van der Waals surface area contributed by atoms with Gasteiger partial charge < -0.3 is 10.5 Å². The van der Waals surface area contributed by atoms with Crippen molar-refractivity contribution in [2.45, 2.75) is 44.3 Å². The second-order valence-electron chi connectivity index (χ2n) is 6.26. The van der Waals surface area contributed by atoms with Crippen molar-refractivity contribution in [1.29, 1.82) is 0 Å². The van der Waals surface area contributed by atoms with Gasteiger partial charge in [0.05, 0.1) is 6.61 Å². The minimum absolute atomic E-state index is 0.533. The minimum atomic E-state index is 0.533. The number of rotatable bonds is 3. The first-order chi connectivity index (χ1) is 8.79. The van der Waals surface area contributed by atoms with E-state index in [1.165, 1.54) is 38.9 Å². The fourth-order valence-corrected chi connectivity index (χ4v) is 4.13.